The SMILES string of the molecule is CC(CO)CC(C(=O)O)c1ccc(Br)cc1. The predicted molar refractivity (Wildman–Crippen MR) is 65.4 cm³/mol. The van der Waals surface area contributed by atoms with Gasteiger partial charge in [0.15, 0.2) is 0 Å². The van der Waals surface area contributed by atoms with E-state index in [0.717, 1.165) is 10.0 Å². The molecule has 2 atom stereocenters. The summed E-state index contributed by atoms with van der Waals surface area (Å²) < 4.78 is 0.926. The van der Waals surface area contributed by atoms with Crippen LogP contribution in [0.5, 0.6) is 0 Å². The van der Waals surface area contributed by atoms with Crippen molar-refractivity contribution in [3.63, 3.8) is 0 Å². The maximum Gasteiger partial charge on any atom is 0.310 e. The molecule has 0 radical (unpaired) electrons. The standard InChI is InChI=1S/C12H15BrO3/c1-8(7-14)6-11(12(15)16)9-2-4-10(13)5-3-9/h2-5,8,11,14H,6-7H2,1H3,(H,15,16). The van der Waals surface area contributed by atoms with Crippen LogP contribution in [0.4, 0.5) is 0 Å². The number of aliphatic carboxylic acids is 1. The number of benzene rings is 1. The zero-order chi connectivity index (χ0) is 12.1. The van der Waals surface area contributed by atoms with Crippen LogP contribution in [0.25, 0.3) is 0 Å². The molecule has 3 nitrogen and oxygen atoms in total. The van der Waals surface area contributed by atoms with Gasteiger partial charge in [0.2, 0.25) is 0 Å². The number of halogens is 1. The third kappa shape index (κ3) is 3.61. The predicted octanol–water partition coefficient (Wildman–Crippen LogP) is 2.64. The van der Waals surface area contributed by atoms with Gasteiger partial charge in [-0.05, 0) is 30.0 Å². The first-order valence-electron chi connectivity index (χ1n) is 5.13. The van der Waals surface area contributed by atoms with Gasteiger partial charge in [-0.3, -0.25) is 4.79 Å². The fourth-order valence-electron chi connectivity index (χ4n) is 1.55. The Kier molecular flexibility index (Phi) is 4.96. The summed E-state index contributed by atoms with van der Waals surface area (Å²) in [6.45, 7) is 1.86. The topological polar surface area (TPSA) is 57.5 Å². The van der Waals surface area contributed by atoms with Gasteiger partial charge in [-0.1, -0.05) is 35.0 Å². The summed E-state index contributed by atoms with van der Waals surface area (Å²) in [5.74, 6) is -1.40. The summed E-state index contributed by atoms with van der Waals surface area (Å²) in [5.41, 5.74) is 0.774. The van der Waals surface area contributed by atoms with E-state index in [9.17, 15) is 4.79 Å². The monoisotopic (exact) mass is 286 g/mol. The molecule has 0 aliphatic rings. The summed E-state index contributed by atoms with van der Waals surface area (Å²) >= 11 is 3.31. The highest BCUT2D eigenvalue weighted by molar-refractivity contribution is 9.10. The highest BCUT2D eigenvalue weighted by Gasteiger charge is 2.21. The van der Waals surface area contributed by atoms with Crippen LogP contribution in [-0.4, -0.2) is 22.8 Å². The van der Waals surface area contributed by atoms with E-state index in [1.807, 2.05) is 19.1 Å². The molecular weight excluding hydrogens is 272 g/mol. The third-order valence-corrected chi connectivity index (χ3v) is 3.05. The van der Waals surface area contributed by atoms with Gasteiger partial charge in [-0.2, -0.15) is 0 Å². The lowest BCUT2D eigenvalue weighted by atomic mass is 9.90. The molecule has 0 saturated carbocycles. The second kappa shape index (κ2) is 6.01. The Morgan fingerprint density at radius 1 is 1.38 bits per heavy atom. The Labute approximate surface area is 103 Å². The van der Waals surface area contributed by atoms with Gasteiger partial charge >= 0.3 is 5.97 Å². The fraction of sp³-hybridized carbons (Fsp3) is 0.417. The quantitative estimate of drug-likeness (QED) is 0.875. The molecule has 2 N–H and O–H groups in total. The minimum atomic E-state index is -0.845. The Morgan fingerprint density at radius 3 is 2.38 bits per heavy atom. The smallest absolute Gasteiger partial charge is 0.310 e. The van der Waals surface area contributed by atoms with Crippen molar-refractivity contribution in [2.75, 3.05) is 6.61 Å². The number of hydrogen-bond acceptors (Lipinski definition) is 2. The zero-order valence-electron chi connectivity index (χ0n) is 9.06. The zero-order valence-corrected chi connectivity index (χ0v) is 10.6. The van der Waals surface area contributed by atoms with Gasteiger partial charge < -0.3 is 10.2 Å². The summed E-state index contributed by atoms with van der Waals surface area (Å²) in [4.78, 5) is 11.1. The van der Waals surface area contributed by atoms with Crippen LogP contribution in [0, 0.1) is 5.92 Å². The molecule has 0 bridgehead atoms. The number of carboxylic acid groups (broad SMARTS) is 1. The molecule has 0 saturated heterocycles. The molecule has 0 amide bonds. The molecule has 0 spiro atoms. The molecule has 0 heterocycles. The summed E-state index contributed by atoms with van der Waals surface area (Å²) in [6, 6.07) is 7.25. The number of carbonyl (C=O) groups is 1. The van der Waals surface area contributed by atoms with E-state index in [4.69, 9.17) is 10.2 Å². The van der Waals surface area contributed by atoms with Crippen molar-refractivity contribution in [2.45, 2.75) is 19.3 Å². The lowest BCUT2D eigenvalue weighted by Gasteiger charge is -2.16. The Morgan fingerprint density at radius 2 is 1.94 bits per heavy atom. The second-order valence-corrected chi connectivity index (χ2v) is 4.88. The van der Waals surface area contributed by atoms with Crippen LogP contribution < -0.4 is 0 Å². The second-order valence-electron chi connectivity index (χ2n) is 3.97. The van der Waals surface area contributed by atoms with Gasteiger partial charge in [-0.15, -0.1) is 0 Å². The minimum Gasteiger partial charge on any atom is -0.481 e. The Balaban J connectivity index is 2.85. The molecule has 16 heavy (non-hydrogen) atoms. The lowest BCUT2D eigenvalue weighted by Crippen LogP contribution is -2.16. The van der Waals surface area contributed by atoms with Crippen molar-refractivity contribution in [3.05, 3.63) is 34.3 Å². The molecule has 1 aromatic carbocycles. The number of aliphatic hydroxyl groups excluding tert-OH is 1. The highest BCUT2D eigenvalue weighted by atomic mass is 79.9. The van der Waals surface area contributed by atoms with E-state index < -0.39 is 11.9 Å². The van der Waals surface area contributed by atoms with Crippen molar-refractivity contribution in [2.24, 2.45) is 5.92 Å². The van der Waals surface area contributed by atoms with E-state index in [1.54, 1.807) is 12.1 Å². The molecule has 1 aromatic rings. The molecule has 4 heteroatoms. The molecule has 0 aliphatic heterocycles. The normalized spacial score (nSPS) is 14.4. The molecule has 0 aliphatic carbocycles. The average molecular weight is 287 g/mol. The first-order valence-corrected chi connectivity index (χ1v) is 5.93. The van der Waals surface area contributed by atoms with Gasteiger partial charge in [0.05, 0.1) is 5.92 Å². The number of rotatable bonds is 5. The van der Waals surface area contributed by atoms with Crippen LogP contribution in [0.2, 0.25) is 0 Å². The summed E-state index contributed by atoms with van der Waals surface area (Å²) in [5, 5.41) is 18.1. The largest absolute Gasteiger partial charge is 0.481 e. The molecule has 88 valence electrons. The number of hydrogen-bond donors (Lipinski definition) is 2. The van der Waals surface area contributed by atoms with Gasteiger partial charge in [0.1, 0.15) is 0 Å². The van der Waals surface area contributed by atoms with Crippen molar-refractivity contribution >= 4 is 21.9 Å². The van der Waals surface area contributed by atoms with Crippen LogP contribution in [0.1, 0.15) is 24.8 Å². The molecule has 2 unspecified atom stereocenters. The molecule has 0 aromatic heterocycles. The molecular formula is C12H15BrO3. The highest BCUT2D eigenvalue weighted by Crippen LogP contribution is 2.25. The summed E-state index contributed by atoms with van der Waals surface area (Å²) in [6.07, 6.45) is 0.452. The van der Waals surface area contributed by atoms with E-state index >= 15 is 0 Å². The molecule has 0 fully saturated rings. The van der Waals surface area contributed by atoms with Crippen LogP contribution in [0.3, 0.4) is 0 Å². The van der Waals surface area contributed by atoms with E-state index in [1.165, 1.54) is 0 Å². The van der Waals surface area contributed by atoms with Crippen LogP contribution in [0.15, 0.2) is 28.7 Å². The van der Waals surface area contributed by atoms with Gasteiger partial charge in [-0.25, -0.2) is 0 Å². The first kappa shape index (κ1) is 13.2. The number of carboxylic acids is 1. The van der Waals surface area contributed by atoms with Crippen molar-refractivity contribution in [1.29, 1.82) is 0 Å². The maximum atomic E-state index is 11.1. The summed E-state index contributed by atoms with van der Waals surface area (Å²) in [7, 11) is 0. The fourth-order valence-corrected chi connectivity index (χ4v) is 1.82. The minimum absolute atomic E-state index is 0.00949. The lowest BCUT2D eigenvalue weighted by molar-refractivity contribution is -0.139. The first-order chi connectivity index (χ1) is 7.54. The van der Waals surface area contributed by atoms with Crippen molar-refractivity contribution in [3.8, 4) is 0 Å². The van der Waals surface area contributed by atoms with Crippen molar-refractivity contribution in [1.82, 2.24) is 0 Å². The van der Waals surface area contributed by atoms with Crippen LogP contribution in [-0.2, 0) is 4.79 Å². The van der Waals surface area contributed by atoms with Gasteiger partial charge in [0.25, 0.3) is 0 Å². The molecule has 1 rings (SSSR count). The van der Waals surface area contributed by atoms with E-state index in [0.29, 0.717) is 6.42 Å². The average Bonchev–Trinajstić information content (AvgIpc) is 2.26. The number of aliphatic hydroxyl groups is 1. The Hall–Kier alpha value is -0.870. The van der Waals surface area contributed by atoms with E-state index in [-0.39, 0.29) is 12.5 Å². The Bertz CT molecular complexity index is 348. The van der Waals surface area contributed by atoms with Crippen LogP contribution >= 0.6 is 15.9 Å². The van der Waals surface area contributed by atoms with Gasteiger partial charge in [0, 0.05) is 11.1 Å². The van der Waals surface area contributed by atoms with E-state index in [2.05, 4.69) is 15.9 Å². The maximum absolute atomic E-state index is 11.1. The van der Waals surface area contributed by atoms with Crippen molar-refractivity contribution < 1.29 is 15.0 Å². The third-order valence-electron chi connectivity index (χ3n) is 2.52.